The molecule has 0 spiro atoms. The van der Waals surface area contributed by atoms with Gasteiger partial charge in [-0.15, -0.1) is 0 Å². The van der Waals surface area contributed by atoms with E-state index in [1.807, 2.05) is 0 Å². The molecule has 17 nitrogen and oxygen atoms in total. The molecular weight excluding hydrogens is 1160 g/mol. The second-order valence-electron chi connectivity index (χ2n) is 25.4. The molecule has 7 atom stereocenters. The van der Waals surface area contributed by atoms with E-state index < -0.39 is 97.5 Å². The van der Waals surface area contributed by atoms with Gasteiger partial charge >= 0.3 is 39.5 Å². The van der Waals surface area contributed by atoms with Crippen molar-refractivity contribution < 1.29 is 80.2 Å². The largest absolute Gasteiger partial charge is 0.472 e. The third-order valence-corrected chi connectivity index (χ3v) is 18.6. The van der Waals surface area contributed by atoms with Gasteiger partial charge in [-0.25, -0.2) is 9.13 Å². The van der Waals surface area contributed by atoms with Crippen molar-refractivity contribution >= 4 is 39.5 Å². The van der Waals surface area contributed by atoms with Crippen LogP contribution in [0.5, 0.6) is 0 Å². The number of aliphatic hydroxyl groups excluding tert-OH is 1. The van der Waals surface area contributed by atoms with Gasteiger partial charge in [0.1, 0.15) is 19.3 Å². The molecule has 0 aromatic heterocycles. The molecule has 0 aliphatic rings. The zero-order chi connectivity index (χ0) is 65.0. The Kier molecular flexibility index (Phi) is 59.9. The van der Waals surface area contributed by atoms with Crippen LogP contribution in [0.2, 0.25) is 0 Å². The van der Waals surface area contributed by atoms with Crippen LogP contribution in [0, 0.1) is 11.8 Å². The van der Waals surface area contributed by atoms with Crippen LogP contribution in [0.1, 0.15) is 350 Å². The molecule has 0 saturated heterocycles. The van der Waals surface area contributed by atoms with Gasteiger partial charge in [-0.05, 0) is 37.5 Å². The lowest BCUT2D eigenvalue weighted by Gasteiger charge is -2.21. The first kappa shape index (κ1) is 86.1. The summed E-state index contributed by atoms with van der Waals surface area (Å²) in [6, 6.07) is 0. The number of phosphoric ester groups is 2. The molecule has 522 valence electrons. The lowest BCUT2D eigenvalue weighted by Crippen LogP contribution is -2.30. The summed E-state index contributed by atoms with van der Waals surface area (Å²) >= 11 is 0. The number of aliphatic hydroxyl groups is 1. The Hall–Kier alpha value is -1.94. The van der Waals surface area contributed by atoms with Crippen LogP contribution in [0.4, 0.5) is 0 Å². The molecule has 0 heterocycles. The lowest BCUT2D eigenvalue weighted by molar-refractivity contribution is -0.161. The fraction of sp³-hybridized carbons (Fsp3) is 0.942. The number of esters is 4. The average Bonchev–Trinajstić information content (AvgIpc) is 3.72. The molecule has 0 radical (unpaired) electrons. The fourth-order valence-electron chi connectivity index (χ4n) is 10.4. The highest BCUT2D eigenvalue weighted by molar-refractivity contribution is 7.47. The molecule has 19 heteroatoms. The quantitative estimate of drug-likeness (QED) is 0.0222. The number of rotatable bonds is 68. The van der Waals surface area contributed by atoms with E-state index in [1.54, 1.807) is 0 Å². The van der Waals surface area contributed by atoms with Gasteiger partial charge in [0.15, 0.2) is 12.2 Å². The molecular formula is C69H134O17P2. The topological polar surface area (TPSA) is 237 Å². The van der Waals surface area contributed by atoms with Gasteiger partial charge in [0.05, 0.1) is 26.4 Å². The summed E-state index contributed by atoms with van der Waals surface area (Å²) in [5.74, 6) is -0.578. The Morgan fingerprint density at radius 3 is 0.807 bits per heavy atom. The molecule has 0 rings (SSSR count). The summed E-state index contributed by atoms with van der Waals surface area (Å²) < 4.78 is 68.3. The minimum Gasteiger partial charge on any atom is -0.462 e. The molecule has 3 N–H and O–H groups in total. The van der Waals surface area contributed by atoms with Crippen LogP contribution in [0.25, 0.3) is 0 Å². The standard InChI is InChI=1S/C69H134O17P2/c1-7-11-13-15-17-19-21-23-25-33-39-45-51-66(71)79-57-64(85-68(73)53-47-41-35-26-24-22-20-18-16-14-12-8-2)59-83-87(75,76)81-55-63(70)56-82-88(77,78)84-60-65(86-69(74)54-48-42-36-30-28-32-38-44-50-62(6)10-4)58-80-67(72)52-46-40-34-29-27-31-37-43-49-61(5)9-3/h61-65,70H,7-60H2,1-6H3,(H,75,76)(H,77,78)/t61?,62?,63-,64+,65+/m0/s1. The maximum Gasteiger partial charge on any atom is 0.472 e. The molecule has 0 bridgehead atoms. The third kappa shape index (κ3) is 60.3. The van der Waals surface area contributed by atoms with Crippen molar-refractivity contribution in [2.24, 2.45) is 11.8 Å². The second kappa shape index (κ2) is 61.3. The maximum absolute atomic E-state index is 13.0. The van der Waals surface area contributed by atoms with E-state index in [1.165, 1.54) is 167 Å². The Morgan fingerprint density at radius 1 is 0.318 bits per heavy atom. The highest BCUT2D eigenvalue weighted by atomic mass is 31.2. The van der Waals surface area contributed by atoms with Crippen molar-refractivity contribution in [3.05, 3.63) is 0 Å². The number of ether oxygens (including phenoxy) is 4. The molecule has 0 saturated carbocycles. The number of hydrogen-bond donors (Lipinski definition) is 3. The van der Waals surface area contributed by atoms with Gasteiger partial charge < -0.3 is 33.8 Å². The first-order valence-corrected chi connectivity index (χ1v) is 39.1. The zero-order valence-corrected chi connectivity index (χ0v) is 58.8. The Morgan fingerprint density at radius 2 is 0.545 bits per heavy atom. The summed E-state index contributed by atoms with van der Waals surface area (Å²) in [6.07, 6.45) is 45.5. The predicted molar refractivity (Wildman–Crippen MR) is 354 cm³/mol. The molecule has 0 amide bonds. The predicted octanol–water partition coefficient (Wildman–Crippen LogP) is 19.6. The Balaban J connectivity index is 5.27. The van der Waals surface area contributed by atoms with Gasteiger partial charge in [-0.1, -0.05) is 298 Å². The van der Waals surface area contributed by atoms with E-state index in [9.17, 15) is 43.2 Å². The maximum atomic E-state index is 13.0. The van der Waals surface area contributed by atoms with Crippen LogP contribution >= 0.6 is 15.6 Å². The Labute approximate surface area is 537 Å². The monoisotopic (exact) mass is 1300 g/mol. The highest BCUT2D eigenvalue weighted by Gasteiger charge is 2.30. The Bertz CT molecular complexity index is 1720. The number of hydrogen-bond acceptors (Lipinski definition) is 15. The van der Waals surface area contributed by atoms with Gasteiger partial charge in [-0.3, -0.25) is 37.3 Å². The number of unbranched alkanes of at least 4 members (excludes halogenated alkanes) is 36. The van der Waals surface area contributed by atoms with Crippen LogP contribution in [0.15, 0.2) is 0 Å². The van der Waals surface area contributed by atoms with E-state index in [0.29, 0.717) is 25.7 Å². The minimum atomic E-state index is -4.95. The molecule has 0 fully saturated rings. The smallest absolute Gasteiger partial charge is 0.462 e. The zero-order valence-electron chi connectivity index (χ0n) is 57.0. The fourth-order valence-corrected chi connectivity index (χ4v) is 11.9. The van der Waals surface area contributed by atoms with Crippen molar-refractivity contribution in [1.29, 1.82) is 0 Å². The van der Waals surface area contributed by atoms with Crippen LogP contribution in [-0.4, -0.2) is 96.7 Å². The SMILES string of the molecule is CCCCCCCCCCCCCCC(=O)OC[C@H](COP(=O)(O)OC[C@H](O)COP(=O)(O)OC[C@@H](COC(=O)CCCCCCCCCCC(C)CC)OC(=O)CCCCCCCCCCC(C)CC)OC(=O)CCCCCCCCCCCCCC. The second-order valence-corrected chi connectivity index (χ2v) is 28.3. The summed E-state index contributed by atoms with van der Waals surface area (Å²) in [5.41, 5.74) is 0. The van der Waals surface area contributed by atoms with Gasteiger partial charge in [0, 0.05) is 25.7 Å². The minimum absolute atomic E-state index is 0.105. The summed E-state index contributed by atoms with van der Waals surface area (Å²) in [6.45, 7) is 9.54. The number of carbonyl (C=O) groups excluding carboxylic acids is 4. The van der Waals surface area contributed by atoms with Crippen molar-refractivity contribution in [2.45, 2.75) is 368 Å². The molecule has 4 unspecified atom stereocenters. The molecule has 0 aliphatic heterocycles. The molecule has 88 heavy (non-hydrogen) atoms. The van der Waals surface area contributed by atoms with E-state index in [4.69, 9.17) is 37.0 Å². The van der Waals surface area contributed by atoms with E-state index in [2.05, 4.69) is 41.5 Å². The van der Waals surface area contributed by atoms with Gasteiger partial charge in [0.2, 0.25) is 0 Å². The van der Waals surface area contributed by atoms with Crippen LogP contribution in [0.3, 0.4) is 0 Å². The highest BCUT2D eigenvalue weighted by Crippen LogP contribution is 2.45. The third-order valence-electron chi connectivity index (χ3n) is 16.7. The van der Waals surface area contributed by atoms with E-state index in [0.717, 1.165) is 102 Å². The summed E-state index contributed by atoms with van der Waals surface area (Å²) in [7, 11) is -9.90. The first-order chi connectivity index (χ1) is 42.4. The molecule has 0 aliphatic carbocycles. The van der Waals surface area contributed by atoms with Gasteiger partial charge in [-0.2, -0.15) is 0 Å². The number of phosphoric acid groups is 2. The van der Waals surface area contributed by atoms with Crippen molar-refractivity contribution in [2.75, 3.05) is 39.6 Å². The summed E-state index contributed by atoms with van der Waals surface area (Å²) in [4.78, 5) is 72.5. The number of carbonyl (C=O) groups is 4. The van der Waals surface area contributed by atoms with E-state index >= 15 is 0 Å². The van der Waals surface area contributed by atoms with Gasteiger partial charge in [0.25, 0.3) is 0 Å². The van der Waals surface area contributed by atoms with Crippen LogP contribution < -0.4 is 0 Å². The lowest BCUT2D eigenvalue weighted by atomic mass is 9.99. The van der Waals surface area contributed by atoms with Crippen LogP contribution in [-0.2, 0) is 65.4 Å². The average molecular weight is 1300 g/mol. The van der Waals surface area contributed by atoms with Crippen molar-refractivity contribution in [3.8, 4) is 0 Å². The first-order valence-electron chi connectivity index (χ1n) is 36.1. The summed E-state index contributed by atoms with van der Waals surface area (Å²) in [5, 5.41) is 10.6. The van der Waals surface area contributed by atoms with Crippen molar-refractivity contribution in [3.63, 3.8) is 0 Å². The normalized spacial score (nSPS) is 14.8. The molecule has 0 aromatic carbocycles. The van der Waals surface area contributed by atoms with E-state index in [-0.39, 0.29) is 25.7 Å². The molecule has 0 aromatic rings. The van der Waals surface area contributed by atoms with Crippen molar-refractivity contribution in [1.82, 2.24) is 0 Å².